The van der Waals surface area contributed by atoms with Crippen molar-refractivity contribution in [1.82, 2.24) is 5.32 Å². The summed E-state index contributed by atoms with van der Waals surface area (Å²) in [6, 6.07) is 0.503. The Morgan fingerprint density at radius 2 is 2.00 bits per heavy atom. The molecule has 0 rings (SSSR count). The van der Waals surface area contributed by atoms with Crippen molar-refractivity contribution in [3.63, 3.8) is 0 Å². The normalized spacial score (nSPS) is 16.3. The quantitative estimate of drug-likeness (QED) is 0.752. The van der Waals surface area contributed by atoms with Crippen LogP contribution in [0.4, 0.5) is 0 Å². The molecule has 0 radical (unpaired) electrons. The molecule has 0 amide bonds. The lowest BCUT2D eigenvalue weighted by Gasteiger charge is -2.21. The van der Waals surface area contributed by atoms with Crippen molar-refractivity contribution in [2.24, 2.45) is 0 Å². The zero-order chi connectivity index (χ0) is 11.9. The summed E-state index contributed by atoms with van der Waals surface area (Å²) < 4.78 is 11.5. The first kappa shape index (κ1) is 15.5. The van der Waals surface area contributed by atoms with Crippen LogP contribution < -0.4 is 5.32 Å². The number of nitrogens with one attached hydrogen (secondary N) is 1. The molecule has 92 valence electrons. The second kappa shape index (κ2) is 7.69. The Morgan fingerprint density at radius 1 is 1.40 bits per heavy atom. The largest absolute Gasteiger partial charge is 0.313 e. The summed E-state index contributed by atoms with van der Waals surface area (Å²) >= 11 is 1.97. The topological polar surface area (TPSA) is 29.1 Å². The summed E-state index contributed by atoms with van der Waals surface area (Å²) in [5, 5.41) is 3.41. The van der Waals surface area contributed by atoms with Gasteiger partial charge in [-0.2, -0.15) is 11.8 Å². The van der Waals surface area contributed by atoms with E-state index in [1.807, 2.05) is 18.7 Å². The molecule has 0 heterocycles. The molecule has 0 fully saturated rings. The molecule has 0 aromatic rings. The molecule has 0 bridgehead atoms. The highest BCUT2D eigenvalue weighted by Gasteiger charge is 2.12. The molecule has 0 saturated heterocycles. The van der Waals surface area contributed by atoms with E-state index in [0.717, 1.165) is 23.8 Å². The highest BCUT2D eigenvalue weighted by atomic mass is 32.2. The molecule has 2 nitrogen and oxygen atoms in total. The molecule has 0 saturated carbocycles. The molecule has 1 N–H and O–H groups in total. The molecule has 2 atom stereocenters. The maximum absolute atomic E-state index is 11.2. The van der Waals surface area contributed by atoms with Gasteiger partial charge in [-0.15, -0.1) is 0 Å². The van der Waals surface area contributed by atoms with Crippen molar-refractivity contribution < 1.29 is 4.21 Å². The maximum Gasteiger partial charge on any atom is 0.0360 e. The fraction of sp³-hybridized carbons (Fsp3) is 1.00. The average Bonchev–Trinajstić information content (AvgIpc) is 2.13. The first-order valence-electron chi connectivity index (χ1n) is 5.57. The number of thioether (sulfide) groups is 1. The third kappa shape index (κ3) is 10.7. The summed E-state index contributed by atoms with van der Waals surface area (Å²) in [4.78, 5) is 0. The van der Waals surface area contributed by atoms with Crippen molar-refractivity contribution in [1.29, 1.82) is 0 Å². The van der Waals surface area contributed by atoms with Gasteiger partial charge in [-0.1, -0.05) is 27.7 Å². The lowest BCUT2D eigenvalue weighted by Crippen LogP contribution is -2.33. The summed E-state index contributed by atoms with van der Waals surface area (Å²) in [5.41, 5.74) is 0. The lowest BCUT2D eigenvalue weighted by atomic mass is 10.3. The number of rotatable bonds is 7. The molecule has 0 aliphatic heterocycles. The van der Waals surface area contributed by atoms with Gasteiger partial charge in [0.15, 0.2) is 0 Å². The molecule has 4 heteroatoms. The van der Waals surface area contributed by atoms with E-state index in [4.69, 9.17) is 0 Å². The zero-order valence-electron chi connectivity index (χ0n) is 10.6. The standard InChI is InChI=1S/C11H25NOS2/c1-6-15(13)8-7-12-10(2)9-14-11(3,4)5/h10,12H,6-9H2,1-5H3. The summed E-state index contributed by atoms with van der Waals surface area (Å²) in [5.74, 6) is 2.66. The Hall–Kier alpha value is 0.460. The van der Waals surface area contributed by atoms with Crippen LogP contribution in [0.2, 0.25) is 0 Å². The Bertz CT molecular complexity index is 190. The van der Waals surface area contributed by atoms with Gasteiger partial charge in [0, 0.05) is 45.4 Å². The first-order chi connectivity index (χ1) is 6.85. The number of hydrogen-bond acceptors (Lipinski definition) is 3. The second-order valence-electron chi connectivity index (χ2n) is 4.71. The highest BCUT2D eigenvalue weighted by molar-refractivity contribution is 8.00. The summed E-state index contributed by atoms with van der Waals surface area (Å²) in [6.07, 6.45) is 0. The van der Waals surface area contributed by atoms with E-state index >= 15 is 0 Å². The Kier molecular flexibility index (Phi) is 7.92. The van der Waals surface area contributed by atoms with Gasteiger partial charge in [-0.25, -0.2) is 0 Å². The van der Waals surface area contributed by atoms with Gasteiger partial charge in [-0.05, 0) is 6.92 Å². The van der Waals surface area contributed by atoms with Crippen LogP contribution in [0.1, 0.15) is 34.6 Å². The smallest absolute Gasteiger partial charge is 0.0360 e. The predicted octanol–water partition coefficient (Wildman–Crippen LogP) is 2.26. The van der Waals surface area contributed by atoms with Crippen molar-refractivity contribution in [3.8, 4) is 0 Å². The molecule has 0 aromatic carbocycles. The van der Waals surface area contributed by atoms with Crippen LogP contribution in [0.15, 0.2) is 0 Å². The van der Waals surface area contributed by atoms with Gasteiger partial charge in [0.2, 0.25) is 0 Å². The van der Waals surface area contributed by atoms with Gasteiger partial charge in [0.25, 0.3) is 0 Å². The minimum Gasteiger partial charge on any atom is -0.313 e. The fourth-order valence-electron chi connectivity index (χ4n) is 0.997. The Morgan fingerprint density at radius 3 is 2.47 bits per heavy atom. The van der Waals surface area contributed by atoms with Crippen LogP contribution >= 0.6 is 11.8 Å². The predicted molar refractivity (Wildman–Crippen MR) is 73.2 cm³/mol. The van der Waals surface area contributed by atoms with Crippen molar-refractivity contribution in [2.45, 2.75) is 45.4 Å². The molecule has 0 aliphatic carbocycles. The fourth-order valence-corrected chi connectivity index (χ4v) is 2.50. The zero-order valence-corrected chi connectivity index (χ0v) is 12.3. The van der Waals surface area contributed by atoms with Crippen molar-refractivity contribution in [3.05, 3.63) is 0 Å². The molecule has 0 spiro atoms. The second-order valence-corrected chi connectivity index (χ2v) is 8.42. The van der Waals surface area contributed by atoms with Crippen molar-refractivity contribution >= 4 is 22.6 Å². The van der Waals surface area contributed by atoms with E-state index in [9.17, 15) is 4.21 Å². The van der Waals surface area contributed by atoms with Crippen molar-refractivity contribution in [2.75, 3.05) is 23.8 Å². The minimum atomic E-state index is -0.634. The summed E-state index contributed by atoms with van der Waals surface area (Å²) in [6.45, 7) is 11.7. The van der Waals surface area contributed by atoms with Crippen LogP contribution in [0.5, 0.6) is 0 Å². The summed E-state index contributed by atoms with van der Waals surface area (Å²) in [7, 11) is -0.634. The van der Waals surface area contributed by atoms with E-state index in [-0.39, 0.29) is 0 Å². The lowest BCUT2D eigenvalue weighted by molar-refractivity contribution is 0.614. The van der Waals surface area contributed by atoms with Gasteiger partial charge < -0.3 is 5.32 Å². The third-order valence-corrected chi connectivity index (χ3v) is 4.75. The number of hydrogen-bond donors (Lipinski definition) is 1. The van der Waals surface area contributed by atoms with Gasteiger partial charge in [0.1, 0.15) is 0 Å². The van der Waals surface area contributed by atoms with Gasteiger partial charge >= 0.3 is 0 Å². The molecular weight excluding hydrogens is 226 g/mol. The van der Waals surface area contributed by atoms with E-state index in [1.54, 1.807) is 0 Å². The molecule has 0 aromatic heterocycles. The molecule has 0 aliphatic rings. The molecule has 2 unspecified atom stereocenters. The van der Waals surface area contributed by atoms with Crippen LogP contribution in [-0.2, 0) is 10.8 Å². The van der Waals surface area contributed by atoms with E-state index in [0.29, 0.717) is 10.8 Å². The Balaban J connectivity index is 3.49. The van der Waals surface area contributed by atoms with Gasteiger partial charge in [-0.3, -0.25) is 4.21 Å². The van der Waals surface area contributed by atoms with E-state index in [2.05, 4.69) is 33.0 Å². The van der Waals surface area contributed by atoms with Crippen LogP contribution in [0.3, 0.4) is 0 Å². The Labute approximate surface area is 101 Å². The minimum absolute atomic E-state index is 0.335. The highest BCUT2D eigenvalue weighted by Crippen LogP contribution is 2.23. The first-order valence-corrected chi connectivity index (χ1v) is 8.05. The maximum atomic E-state index is 11.2. The van der Waals surface area contributed by atoms with Crippen LogP contribution in [0, 0.1) is 0 Å². The molecular formula is C11H25NOS2. The van der Waals surface area contributed by atoms with Crippen LogP contribution in [-0.4, -0.2) is 38.8 Å². The SMILES string of the molecule is CCS(=O)CCNC(C)CSC(C)(C)C. The average molecular weight is 251 g/mol. The van der Waals surface area contributed by atoms with E-state index in [1.165, 1.54) is 0 Å². The monoisotopic (exact) mass is 251 g/mol. The van der Waals surface area contributed by atoms with Gasteiger partial charge in [0.05, 0.1) is 0 Å². The van der Waals surface area contributed by atoms with E-state index < -0.39 is 10.8 Å². The van der Waals surface area contributed by atoms with Crippen LogP contribution in [0.25, 0.3) is 0 Å². The molecule has 15 heavy (non-hydrogen) atoms. The third-order valence-electron chi connectivity index (χ3n) is 1.91.